The lowest BCUT2D eigenvalue weighted by Gasteiger charge is -2.16. The number of ether oxygens (including phenoxy) is 1. The number of hydrogen-bond acceptors (Lipinski definition) is 5. The Bertz CT molecular complexity index is 608. The predicted octanol–water partition coefficient (Wildman–Crippen LogP) is 4.21. The predicted molar refractivity (Wildman–Crippen MR) is 86.9 cm³/mol. The van der Waals surface area contributed by atoms with E-state index < -0.39 is 0 Å². The topological polar surface area (TPSA) is 60.2 Å². The van der Waals surface area contributed by atoms with Gasteiger partial charge in [0.05, 0.1) is 6.54 Å². The van der Waals surface area contributed by atoms with Crippen molar-refractivity contribution in [3.8, 4) is 0 Å². The molecule has 1 aromatic carbocycles. The number of aryl methyl sites for hydroxylation is 1. The summed E-state index contributed by atoms with van der Waals surface area (Å²) in [5.41, 5.74) is 3.66. The van der Waals surface area contributed by atoms with Crippen molar-refractivity contribution >= 4 is 5.69 Å². The van der Waals surface area contributed by atoms with Gasteiger partial charge < -0.3 is 14.6 Å². The molecule has 0 aliphatic carbocycles. The Morgan fingerprint density at radius 3 is 2.73 bits per heavy atom. The molecule has 5 heteroatoms. The average Bonchev–Trinajstić information content (AvgIpc) is 2.95. The van der Waals surface area contributed by atoms with Gasteiger partial charge in [-0.05, 0) is 37.8 Å². The Labute approximate surface area is 132 Å². The first-order chi connectivity index (χ1) is 10.5. The average molecular weight is 303 g/mol. The number of para-hydroxylation sites is 1. The summed E-state index contributed by atoms with van der Waals surface area (Å²) in [6.45, 7) is 11.5. The van der Waals surface area contributed by atoms with Gasteiger partial charge in [-0.3, -0.25) is 0 Å². The van der Waals surface area contributed by atoms with Gasteiger partial charge in [0.1, 0.15) is 6.10 Å². The van der Waals surface area contributed by atoms with E-state index in [2.05, 4.69) is 54.4 Å². The number of nitrogens with zero attached hydrogens (tertiary/aromatic N) is 2. The molecule has 0 bridgehead atoms. The molecule has 1 atom stereocenters. The fourth-order valence-electron chi connectivity index (χ4n) is 2.41. The monoisotopic (exact) mass is 303 g/mol. The molecule has 22 heavy (non-hydrogen) atoms. The largest absolute Gasteiger partial charge is 0.376 e. The maximum atomic E-state index is 5.47. The third-order valence-corrected chi connectivity index (χ3v) is 3.61. The van der Waals surface area contributed by atoms with Crippen molar-refractivity contribution < 1.29 is 9.26 Å². The van der Waals surface area contributed by atoms with Gasteiger partial charge in [-0.1, -0.05) is 37.2 Å². The fourth-order valence-corrected chi connectivity index (χ4v) is 2.41. The van der Waals surface area contributed by atoms with E-state index in [0.29, 0.717) is 30.8 Å². The number of aromatic nitrogens is 2. The molecular formula is C17H25N3O2. The van der Waals surface area contributed by atoms with Crippen LogP contribution in [0, 0.1) is 6.92 Å². The van der Waals surface area contributed by atoms with Crippen LogP contribution in [0.5, 0.6) is 0 Å². The van der Waals surface area contributed by atoms with Crippen molar-refractivity contribution in [2.45, 2.75) is 53.2 Å². The van der Waals surface area contributed by atoms with Gasteiger partial charge in [0.2, 0.25) is 5.89 Å². The van der Waals surface area contributed by atoms with Crippen molar-refractivity contribution in [3.63, 3.8) is 0 Å². The molecule has 2 aromatic rings. The summed E-state index contributed by atoms with van der Waals surface area (Å²) in [4.78, 5) is 4.38. The summed E-state index contributed by atoms with van der Waals surface area (Å²) < 4.78 is 10.8. The number of hydrogen-bond donors (Lipinski definition) is 1. The third kappa shape index (κ3) is 3.85. The van der Waals surface area contributed by atoms with E-state index >= 15 is 0 Å². The first-order valence-corrected chi connectivity index (χ1v) is 7.80. The molecule has 0 radical (unpaired) electrons. The molecule has 2 rings (SSSR count). The van der Waals surface area contributed by atoms with Crippen LogP contribution in [0.4, 0.5) is 5.69 Å². The molecule has 1 unspecified atom stereocenters. The van der Waals surface area contributed by atoms with Crippen LogP contribution < -0.4 is 5.32 Å². The SMILES string of the molecule is CCOC(C)c1noc(CNc2c(C)cccc2C(C)C)n1. The van der Waals surface area contributed by atoms with E-state index in [0.717, 1.165) is 5.69 Å². The first-order valence-electron chi connectivity index (χ1n) is 7.80. The lowest BCUT2D eigenvalue weighted by Crippen LogP contribution is -2.06. The Morgan fingerprint density at radius 2 is 2.05 bits per heavy atom. The zero-order valence-corrected chi connectivity index (χ0v) is 14.0. The van der Waals surface area contributed by atoms with Crippen molar-refractivity contribution in [1.29, 1.82) is 0 Å². The zero-order chi connectivity index (χ0) is 16.1. The minimum absolute atomic E-state index is 0.146. The Hall–Kier alpha value is -1.88. The van der Waals surface area contributed by atoms with Gasteiger partial charge in [-0.2, -0.15) is 4.98 Å². The molecule has 1 aromatic heterocycles. The van der Waals surface area contributed by atoms with E-state index in [1.54, 1.807) is 0 Å². The maximum Gasteiger partial charge on any atom is 0.246 e. The summed E-state index contributed by atoms with van der Waals surface area (Å²) in [5.74, 6) is 1.62. The minimum atomic E-state index is -0.146. The normalized spacial score (nSPS) is 12.6. The van der Waals surface area contributed by atoms with Gasteiger partial charge in [-0.15, -0.1) is 0 Å². The molecule has 1 heterocycles. The summed E-state index contributed by atoms with van der Waals surface area (Å²) >= 11 is 0. The summed E-state index contributed by atoms with van der Waals surface area (Å²) in [5, 5.41) is 7.40. The van der Waals surface area contributed by atoms with Crippen LogP contribution in [-0.2, 0) is 11.3 Å². The number of benzene rings is 1. The van der Waals surface area contributed by atoms with Crippen molar-refractivity contribution in [3.05, 3.63) is 41.0 Å². The highest BCUT2D eigenvalue weighted by atomic mass is 16.5. The van der Waals surface area contributed by atoms with Crippen LogP contribution in [0.3, 0.4) is 0 Å². The van der Waals surface area contributed by atoms with Crippen molar-refractivity contribution in [2.24, 2.45) is 0 Å². The maximum absolute atomic E-state index is 5.47. The molecule has 0 aliphatic heterocycles. The highest BCUT2D eigenvalue weighted by molar-refractivity contribution is 5.58. The minimum Gasteiger partial charge on any atom is -0.376 e. The molecule has 0 aliphatic rings. The van der Waals surface area contributed by atoms with Gasteiger partial charge in [0, 0.05) is 12.3 Å². The van der Waals surface area contributed by atoms with Crippen LogP contribution in [0.15, 0.2) is 22.7 Å². The second-order valence-electron chi connectivity index (χ2n) is 5.69. The Kier molecular flexibility index (Phi) is 5.55. The second kappa shape index (κ2) is 7.40. The fraction of sp³-hybridized carbons (Fsp3) is 0.529. The van der Waals surface area contributed by atoms with Crippen LogP contribution >= 0.6 is 0 Å². The van der Waals surface area contributed by atoms with Crippen LogP contribution in [0.2, 0.25) is 0 Å². The van der Waals surface area contributed by atoms with E-state index in [9.17, 15) is 0 Å². The van der Waals surface area contributed by atoms with Crippen molar-refractivity contribution in [2.75, 3.05) is 11.9 Å². The Morgan fingerprint density at radius 1 is 1.27 bits per heavy atom. The highest BCUT2D eigenvalue weighted by Crippen LogP contribution is 2.27. The Balaban J connectivity index is 2.08. The lowest BCUT2D eigenvalue weighted by atomic mass is 9.98. The van der Waals surface area contributed by atoms with Crippen LogP contribution in [0.1, 0.15) is 62.6 Å². The van der Waals surface area contributed by atoms with E-state index in [1.165, 1.54) is 11.1 Å². The lowest BCUT2D eigenvalue weighted by molar-refractivity contribution is 0.0683. The zero-order valence-electron chi connectivity index (χ0n) is 14.0. The molecule has 120 valence electrons. The molecule has 0 saturated heterocycles. The van der Waals surface area contributed by atoms with E-state index in [4.69, 9.17) is 9.26 Å². The second-order valence-corrected chi connectivity index (χ2v) is 5.69. The smallest absolute Gasteiger partial charge is 0.246 e. The standard InChI is InChI=1S/C17H25N3O2/c1-6-21-13(5)17-19-15(22-20-17)10-18-16-12(4)8-7-9-14(16)11(2)3/h7-9,11,13,18H,6,10H2,1-5H3. The van der Waals surface area contributed by atoms with Crippen LogP contribution in [0.25, 0.3) is 0 Å². The quantitative estimate of drug-likeness (QED) is 0.830. The van der Waals surface area contributed by atoms with Gasteiger partial charge in [0.25, 0.3) is 0 Å². The molecule has 0 fully saturated rings. The van der Waals surface area contributed by atoms with E-state index in [-0.39, 0.29) is 6.10 Å². The van der Waals surface area contributed by atoms with Crippen LogP contribution in [-0.4, -0.2) is 16.7 Å². The summed E-state index contributed by atoms with van der Waals surface area (Å²) in [6, 6.07) is 6.34. The summed E-state index contributed by atoms with van der Waals surface area (Å²) in [6.07, 6.45) is -0.146. The number of rotatable bonds is 7. The summed E-state index contributed by atoms with van der Waals surface area (Å²) in [7, 11) is 0. The van der Waals surface area contributed by atoms with E-state index in [1.807, 2.05) is 13.8 Å². The first kappa shape index (κ1) is 16.5. The molecule has 0 saturated carbocycles. The molecule has 0 spiro atoms. The van der Waals surface area contributed by atoms with Gasteiger partial charge >= 0.3 is 0 Å². The number of anilines is 1. The molecular weight excluding hydrogens is 278 g/mol. The van der Waals surface area contributed by atoms with Gasteiger partial charge in [0.15, 0.2) is 5.82 Å². The molecule has 0 amide bonds. The van der Waals surface area contributed by atoms with Gasteiger partial charge in [-0.25, -0.2) is 0 Å². The van der Waals surface area contributed by atoms with Crippen molar-refractivity contribution in [1.82, 2.24) is 10.1 Å². The third-order valence-electron chi connectivity index (χ3n) is 3.61. The molecule has 5 nitrogen and oxygen atoms in total. The number of nitrogens with one attached hydrogen (secondary N) is 1. The molecule has 1 N–H and O–H groups in total. The highest BCUT2D eigenvalue weighted by Gasteiger charge is 2.14.